The maximum absolute atomic E-state index is 13.6. The number of hydrogen-bond acceptors (Lipinski definition) is 6. The number of rotatable bonds is 16. The Kier molecular flexibility index (Phi) is 12.2. The second kappa shape index (κ2) is 14.9. The highest BCUT2D eigenvalue weighted by Crippen LogP contribution is 2.46. The van der Waals surface area contributed by atoms with Crippen LogP contribution in [0.4, 0.5) is 41.2 Å². The van der Waals surface area contributed by atoms with Gasteiger partial charge in [0.25, 0.3) is 0 Å². The van der Waals surface area contributed by atoms with Gasteiger partial charge in [0, 0.05) is 25.3 Å². The minimum absolute atomic E-state index is 0.0841. The molecule has 0 aliphatic heterocycles. The molecule has 0 heterocycles. The number of hydrogen-bond donors (Lipinski definition) is 2. The molecular weight excluding hydrogens is 585 g/mol. The Balaban J connectivity index is 2.05. The Morgan fingerprint density at radius 1 is 0.905 bits per heavy atom. The van der Waals surface area contributed by atoms with Crippen LogP contribution in [0.2, 0.25) is 0 Å². The van der Waals surface area contributed by atoms with E-state index in [1.807, 2.05) is 0 Å². The third-order valence-corrected chi connectivity index (χ3v) is 5.61. The summed E-state index contributed by atoms with van der Waals surface area (Å²) in [6.07, 6.45) is -13.4. The highest BCUT2D eigenvalue weighted by atomic mass is 19.4. The first kappa shape index (κ1) is 34.4. The number of urea groups is 1. The van der Waals surface area contributed by atoms with Crippen molar-refractivity contribution in [3.8, 4) is 11.5 Å². The first-order valence-corrected chi connectivity index (χ1v) is 12.3. The lowest BCUT2D eigenvalue weighted by molar-refractivity contribution is -0.423. The predicted molar refractivity (Wildman–Crippen MR) is 134 cm³/mol. The first-order chi connectivity index (χ1) is 19.6. The summed E-state index contributed by atoms with van der Waals surface area (Å²) in [4.78, 5) is 24.9. The Morgan fingerprint density at radius 3 is 2.00 bits per heavy atom. The van der Waals surface area contributed by atoms with Crippen LogP contribution in [0.15, 0.2) is 48.5 Å². The maximum atomic E-state index is 13.6. The van der Waals surface area contributed by atoms with Crippen LogP contribution in [-0.4, -0.2) is 86.3 Å². The van der Waals surface area contributed by atoms with Gasteiger partial charge >= 0.3 is 30.2 Å². The fourth-order valence-corrected chi connectivity index (χ4v) is 3.36. The second-order valence-electron chi connectivity index (χ2n) is 8.56. The van der Waals surface area contributed by atoms with Crippen molar-refractivity contribution in [1.82, 2.24) is 4.90 Å². The molecule has 0 aliphatic carbocycles. The van der Waals surface area contributed by atoms with Crippen molar-refractivity contribution in [3.63, 3.8) is 0 Å². The molecule has 2 aromatic rings. The van der Waals surface area contributed by atoms with Crippen LogP contribution in [0, 0.1) is 0 Å². The molecule has 234 valence electrons. The SMILES string of the molecule is CCOC(Cc1ccc(OCCN(CCOC(F)(F)C(F)(F)C(F)(F)F)C(=O)Nc2ccc(OC)cc2)cc1)C(=O)O. The zero-order valence-corrected chi connectivity index (χ0v) is 22.4. The van der Waals surface area contributed by atoms with Crippen LogP contribution >= 0.6 is 0 Å². The van der Waals surface area contributed by atoms with Crippen LogP contribution in [0.1, 0.15) is 12.5 Å². The Morgan fingerprint density at radius 2 is 1.48 bits per heavy atom. The van der Waals surface area contributed by atoms with E-state index in [1.165, 1.54) is 43.5 Å². The number of aliphatic carboxylic acids is 1. The summed E-state index contributed by atoms with van der Waals surface area (Å²) in [6.45, 7) is -0.881. The summed E-state index contributed by atoms with van der Waals surface area (Å²) in [5, 5.41) is 11.6. The Hall–Kier alpha value is -3.79. The van der Waals surface area contributed by atoms with E-state index in [0.717, 1.165) is 4.90 Å². The number of halogens is 7. The van der Waals surface area contributed by atoms with Crippen LogP contribution in [0.25, 0.3) is 0 Å². The zero-order chi connectivity index (χ0) is 31.6. The monoisotopic (exact) mass is 614 g/mol. The Labute approximate surface area is 236 Å². The van der Waals surface area contributed by atoms with Crippen LogP contribution in [0.5, 0.6) is 11.5 Å². The molecule has 2 aromatic carbocycles. The van der Waals surface area contributed by atoms with Crippen molar-refractivity contribution in [2.24, 2.45) is 0 Å². The number of carbonyl (C=O) groups is 2. The number of carbonyl (C=O) groups excluding carboxylic acids is 1. The van der Waals surface area contributed by atoms with E-state index >= 15 is 0 Å². The van der Waals surface area contributed by atoms with Gasteiger partial charge in [-0.15, -0.1) is 0 Å². The van der Waals surface area contributed by atoms with Gasteiger partial charge in [0.05, 0.1) is 20.3 Å². The van der Waals surface area contributed by atoms with E-state index in [-0.39, 0.29) is 37.6 Å². The van der Waals surface area contributed by atoms with Crippen LogP contribution in [-0.2, 0) is 20.7 Å². The van der Waals surface area contributed by atoms with Crippen molar-refractivity contribution in [3.05, 3.63) is 54.1 Å². The molecule has 2 N–H and O–H groups in total. The molecule has 1 atom stereocenters. The highest BCUT2D eigenvalue weighted by molar-refractivity contribution is 5.89. The molecule has 0 bridgehead atoms. The van der Waals surface area contributed by atoms with Gasteiger partial charge in [0.15, 0.2) is 6.10 Å². The highest BCUT2D eigenvalue weighted by Gasteiger charge is 2.74. The van der Waals surface area contributed by atoms with Gasteiger partial charge in [-0.25, -0.2) is 9.59 Å². The summed E-state index contributed by atoms with van der Waals surface area (Å²) in [7, 11) is 1.41. The van der Waals surface area contributed by atoms with Gasteiger partial charge in [-0.05, 0) is 48.9 Å². The fraction of sp³-hybridized carbons (Fsp3) is 0.462. The van der Waals surface area contributed by atoms with Crippen LogP contribution < -0.4 is 14.8 Å². The van der Waals surface area contributed by atoms with Gasteiger partial charge in [0.2, 0.25) is 0 Å². The average molecular weight is 615 g/mol. The molecule has 0 saturated heterocycles. The second-order valence-corrected chi connectivity index (χ2v) is 8.56. The van der Waals surface area contributed by atoms with Crippen molar-refractivity contribution < 1.29 is 64.4 Å². The molecular formula is C26H29F7N2O7. The molecule has 42 heavy (non-hydrogen) atoms. The summed E-state index contributed by atoms with van der Waals surface area (Å²) in [6, 6.07) is 11.2. The lowest BCUT2D eigenvalue weighted by Gasteiger charge is -2.29. The van der Waals surface area contributed by atoms with Crippen molar-refractivity contribution in [2.75, 3.05) is 45.3 Å². The maximum Gasteiger partial charge on any atom is 0.462 e. The third-order valence-electron chi connectivity index (χ3n) is 5.61. The molecule has 2 amide bonds. The standard InChI is InChI=1S/C26H29F7N2O7/c1-3-40-21(22(36)37)16-17-4-8-20(9-5-17)41-14-12-35(23(38)34-18-6-10-19(39-2)11-7-18)13-15-42-26(32,33)24(27,28)25(29,30)31/h4-11,21H,3,12-16H2,1-2H3,(H,34,38)(H,36,37). The molecule has 0 aromatic heterocycles. The minimum atomic E-state index is -6.57. The van der Waals surface area contributed by atoms with Gasteiger partial charge in [-0.1, -0.05) is 12.1 Å². The van der Waals surface area contributed by atoms with E-state index < -0.39 is 49.5 Å². The number of nitrogens with one attached hydrogen (secondary N) is 1. The van der Waals surface area contributed by atoms with Gasteiger partial charge in [-0.3, -0.25) is 0 Å². The summed E-state index contributed by atoms with van der Waals surface area (Å²) >= 11 is 0. The number of anilines is 1. The van der Waals surface area contributed by atoms with E-state index in [1.54, 1.807) is 19.1 Å². The Bertz CT molecular complexity index is 1150. The lowest BCUT2D eigenvalue weighted by Crippen LogP contribution is -2.54. The number of carboxylic acids is 1. The topological polar surface area (TPSA) is 107 Å². The van der Waals surface area contributed by atoms with Crippen LogP contribution in [0.3, 0.4) is 0 Å². The number of nitrogens with zero attached hydrogens (tertiary/aromatic N) is 1. The zero-order valence-electron chi connectivity index (χ0n) is 22.4. The molecule has 0 aliphatic rings. The normalized spacial score (nSPS) is 12.9. The largest absolute Gasteiger partial charge is 0.497 e. The van der Waals surface area contributed by atoms with Gasteiger partial charge < -0.3 is 34.3 Å². The first-order valence-electron chi connectivity index (χ1n) is 12.3. The van der Waals surface area contributed by atoms with E-state index in [9.17, 15) is 45.4 Å². The number of alkyl halides is 7. The van der Waals surface area contributed by atoms with E-state index in [4.69, 9.17) is 14.2 Å². The van der Waals surface area contributed by atoms with E-state index in [0.29, 0.717) is 11.3 Å². The number of ether oxygens (including phenoxy) is 4. The molecule has 16 heteroatoms. The quantitative estimate of drug-likeness (QED) is 0.243. The average Bonchev–Trinajstić information content (AvgIpc) is 2.92. The predicted octanol–water partition coefficient (Wildman–Crippen LogP) is 5.45. The minimum Gasteiger partial charge on any atom is -0.497 e. The fourth-order valence-electron chi connectivity index (χ4n) is 3.36. The molecule has 0 radical (unpaired) electrons. The molecule has 1 unspecified atom stereocenters. The number of methoxy groups -OCH3 is 1. The third kappa shape index (κ3) is 9.65. The van der Waals surface area contributed by atoms with Crippen molar-refractivity contribution in [1.29, 1.82) is 0 Å². The van der Waals surface area contributed by atoms with E-state index in [2.05, 4.69) is 10.1 Å². The summed E-state index contributed by atoms with van der Waals surface area (Å²) < 4.78 is 110. The summed E-state index contributed by atoms with van der Waals surface area (Å²) in [5.74, 6) is -6.85. The van der Waals surface area contributed by atoms with Crippen molar-refractivity contribution >= 4 is 17.7 Å². The molecule has 0 saturated carbocycles. The molecule has 0 spiro atoms. The van der Waals surface area contributed by atoms with Gasteiger partial charge in [0.1, 0.15) is 18.1 Å². The van der Waals surface area contributed by atoms with Gasteiger partial charge in [-0.2, -0.15) is 30.7 Å². The number of carboxylic acid groups (broad SMARTS) is 1. The number of amides is 2. The number of benzene rings is 2. The summed E-state index contributed by atoms with van der Waals surface area (Å²) in [5.41, 5.74) is 0.862. The molecule has 0 fully saturated rings. The molecule has 9 nitrogen and oxygen atoms in total. The van der Waals surface area contributed by atoms with Crippen molar-refractivity contribution in [2.45, 2.75) is 37.7 Å². The smallest absolute Gasteiger partial charge is 0.462 e. The lowest BCUT2D eigenvalue weighted by atomic mass is 10.1. The molecule has 2 rings (SSSR count).